The van der Waals surface area contributed by atoms with Crippen LogP contribution in [0.25, 0.3) is 11.1 Å². The Kier molecular flexibility index (Phi) is 7.35. The fraction of sp³-hybridized carbons (Fsp3) is 0.385. The number of carbonyl (C=O) groups is 2. The van der Waals surface area contributed by atoms with Gasteiger partial charge < -0.3 is 18.9 Å². The van der Waals surface area contributed by atoms with Crippen LogP contribution in [-0.2, 0) is 23.7 Å². The normalized spacial score (nSPS) is 25.3. The monoisotopic (exact) mass is 436 g/mol. The van der Waals surface area contributed by atoms with E-state index < -0.39 is 18.2 Å². The maximum Gasteiger partial charge on any atom is 0.338 e. The Hall–Kier alpha value is -2.96. The average Bonchev–Trinajstić information content (AvgIpc) is 3.13. The van der Waals surface area contributed by atoms with Crippen LogP contribution in [0.4, 0.5) is 0 Å². The molecule has 2 aromatic carbocycles. The Balaban J connectivity index is 1.41. The SMILES string of the molecule is C=C1C(OC=O)CC(OC(=O)c2ccc(-c3ccccc3)cc2)C1COC1CCCCO1. The molecule has 2 aromatic rings. The van der Waals surface area contributed by atoms with Gasteiger partial charge in [-0.15, -0.1) is 0 Å². The van der Waals surface area contributed by atoms with Crippen LogP contribution in [0, 0.1) is 5.92 Å². The molecule has 0 bridgehead atoms. The van der Waals surface area contributed by atoms with Crippen LogP contribution in [0.5, 0.6) is 0 Å². The highest BCUT2D eigenvalue weighted by atomic mass is 16.7. The lowest BCUT2D eigenvalue weighted by molar-refractivity contribution is -0.170. The minimum absolute atomic E-state index is 0.260. The highest BCUT2D eigenvalue weighted by Gasteiger charge is 2.42. The lowest BCUT2D eigenvalue weighted by atomic mass is 10.0. The molecular formula is C26H28O6. The summed E-state index contributed by atoms with van der Waals surface area (Å²) in [6.07, 6.45) is 2.06. The zero-order chi connectivity index (χ0) is 22.3. The van der Waals surface area contributed by atoms with Crippen LogP contribution in [0.2, 0.25) is 0 Å². The third kappa shape index (κ3) is 5.26. The number of ether oxygens (including phenoxy) is 4. The molecule has 1 aliphatic heterocycles. The summed E-state index contributed by atoms with van der Waals surface area (Å²) in [5.74, 6) is -0.689. The molecule has 1 saturated carbocycles. The standard InChI is InChI=1S/C26H28O6/c1-18-22(16-30-25-9-5-6-14-29-25)24(15-23(18)31-17-27)32-26(28)21-12-10-20(11-13-21)19-7-3-2-4-8-19/h2-4,7-8,10-13,17,22-25H,1,5-6,9,14-16H2. The summed E-state index contributed by atoms with van der Waals surface area (Å²) in [6, 6.07) is 17.3. The first-order valence-corrected chi connectivity index (χ1v) is 11.0. The Morgan fingerprint density at radius 2 is 1.81 bits per heavy atom. The van der Waals surface area contributed by atoms with E-state index in [0.717, 1.165) is 30.4 Å². The first-order valence-electron chi connectivity index (χ1n) is 11.0. The van der Waals surface area contributed by atoms with E-state index in [-0.39, 0.29) is 12.2 Å². The molecule has 1 heterocycles. The average molecular weight is 437 g/mol. The van der Waals surface area contributed by atoms with Gasteiger partial charge in [-0.05, 0) is 48.1 Å². The summed E-state index contributed by atoms with van der Waals surface area (Å²) < 4.78 is 22.5. The Morgan fingerprint density at radius 1 is 1.06 bits per heavy atom. The number of rotatable bonds is 8. The van der Waals surface area contributed by atoms with Crippen LogP contribution < -0.4 is 0 Å². The van der Waals surface area contributed by atoms with Crippen molar-refractivity contribution in [2.24, 2.45) is 5.92 Å². The van der Waals surface area contributed by atoms with E-state index in [1.807, 2.05) is 42.5 Å². The van der Waals surface area contributed by atoms with Crippen molar-refractivity contribution in [3.63, 3.8) is 0 Å². The molecule has 2 fully saturated rings. The molecule has 2 aliphatic rings. The minimum Gasteiger partial charge on any atom is -0.460 e. The second kappa shape index (κ2) is 10.6. The molecule has 6 nitrogen and oxygen atoms in total. The van der Waals surface area contributed by atoms with Crippen molar-refractivity contribution in [2.45, 2.75) is 44.2 Å². The fourth-order valence-electron chi connectivity index (χ4n) is 4.25. The molecular weight excluding hydrogens is 408 g/mol. The zero-order valence-corrected chi connectivity index (χ0v) is 18.0. The van der Waals surface area contributed by atoms with Gasteiger partial charge in [-0.2, -0.15) is 0 Å². The molecule has 1 saturated heterocycles. The van der Waals surface area contributed by atoms with Gasteiger partial charge in [-0.25, -0.2) is 4.79 Å². The number of esters is 1. The van der Waals surface area contributed by atoms with Gasteiger partial charge in [0, 0.05) is 18.9 Å². The second-order valence-electron chi connectivity index (χ2n) is 8.15. The van der Waals surface area contributed by atoms with E-state index in [9.17, 15) is 9.59 Å². The summed E-state index contributed by atoms with van der Waals surface area (Å²) in [6.45, 7) is 5.47. The topological polar surface area (TPSA) is 71.1 Å². The molecule has 0 N–H and O–H groups in total. The van der Waals surface area contributed by atoms with Crippen molar-refractivity contribution in [3.05, 3.63) is 72.3 Å². The molecule has 1 aliphatic carbocycles. The lowest BCUT2D eigenvalue weighted by Gasteiger charge is -2.26. The maximum absolute atomic E-state index is 12.8. The largest absolute Gasteiger partial charge is 0.460 e. The van der Waals surface area contributed by atoms with Crippen molar-refractivity contribution in [2.75, 3.05) is 13.2 Å². The van der Waals surface area contributed by atoms with Crippen LogP contribution in [0.15, 0.2) is 66.7 Å². The molecule has 6 heteroatoms. The predicted molar refractivity (Wildman–Crippen MR) is 119 cm³/mol. The predicted octanol–water partition coefficient (Wildman–Crippen LogP) is 4.54. The Morgan fingerprint density at radius 3 is 2.50 bits per heavy atom. The Labute approximate surface area is 188 Å². The summed E-state index contributed by atoms with van der Waals surface area (Å²) >= 11 is 0. The van der Waals surface area contributed by atoms with Gasteiger partial charge in [-0.1, -0.05) is 49.0 Å². The summed E-state index contributed by atoms with van der Waals surface area (Å²) in [7, 11) is 0. The van der Waals surface area contributed by atoms with Gasteiger partial charge in [0.05, 0.1) is 12.2 Å². The van der Waals surface area contributed by atoms with Crippen LogP contribution in [0.1, 0.15) is 36.0 Å². The van der Waals surface area contributed by atoms with E-state index in [1.165, 1.54) is 0 Å². The zero-order valence-electron chi connectivity index (χ0n) is 18.0. The summed E-state index contributed by atoms with van der Waals surface area (Å²) in [5.41, 5.74) is 3.26. The lowest BCUT2D eigenvalue weighted by Crippen LogP contribution is -2.30. The Bertz CT molecular complexity index is 917. The molecule has 0 aromatic heterocycles. The third-order valence-electron chi connectivity index (χ3n) is 6.09. The molecule has 0 amide bonds. The molecule has 4 unspecified atom stereocenters. The number of benzene rings is 2. The molecule has 0 radical (unpaired) electrons. The molecule has 0 spiro atoms. The third-order valence-corrected chi connectivity index (χ3v) is 6.09. The summed E-state index contributed by atoms with van der Waals surface area (Å²) in [5, 5.41) is 0. The van der Waals surface area contributed by atoms with Gasteiger partial charge in [0.15, 0.2) is 6.29 Å². The number of hydrogen-bond acceptors (Lipinski definition) is 6. The van der Waals surface area contributed by atoms with Gasteiger partial charge in [-0.3, -0.25) is 4.79 Å². The smallest absolute Gasteiger partial charge is 0.338 e. The highest BCUT2D eigenvalue weighted by Crippen LogP contribution is 2.36. The maximum atomic E-state index is 12.8. The van der Waals surface area contributed by atoms with Gasteiger partial charge in [0.2, 0.25) is 0 Å². The van der Waals surface area contributed by atoms with E-state index in [1.54, 1.807) is 12.1 Å². The van der Waals surface area contributed by atoms with E-state index in [2.05, 4.69) is 6.58 Å². The second-order valence-corrected chi connectivity index (χ2v) is 8.15. The van der Waals surface area contributed by atoms with Crippen molar-refractivity contribution in [1.29, 1.82) is 0 Å². The van der Waals surface area contributed by atoms with Crippen LogP contribution >= 0.6 is 0 Å². The van der Waals surface area contributed by atoms with E-state index in [4.69, 9.17) is 18.9 Å². The minimum atomic E-state index is -0.494. The summed E-state index contributed by atoms with van der Waals surface area (Å²) in [4.78, 5) is 23.7. The number of carbonyl (C=O) groups excluding carboxylic acids is 2. The molecule has 4 rings (SSSR count). The van der Waals surface area contributed by atoms with E-state index in [0.29, 0.717) is 37.2 Å². The molecule has 32 heavy (non-hydrogen) atoms. The first kappa shape index (κ1) is 22.2. The van der Waals surface area contributed by atoms with E-state index >= 15 is 0 Å². The fourth-order valence-corrected chi connectivity index (χ4v) is 4.25. The van der Waals surface area contributed by atoms with Gasteiger partial charge >= 0.3 is 5.97 Å². The van der Waals surface area contributed by atoms with Crippen molar-refractivity contribution >= 4 is 12.4 Å². The molecule has 4 atom stereocenters. The van der Waals surface area contributed by atoms with Gasteiger partial charge in [0.1, 0.15) is 12.2 Å². The van der Waals surface area contributed by atoms with Crippen molar-refractivity contribution < 1.29 is 28.5 Å². The van der Waals surface area contributed by atoms with Crippen LogP contribution in [0.3, 0.4) is 0 Å². The quantitative estimate of drug-likeness (QED) is 0.344. The van der Waals surface area contributed by atoms with Gasteiger partial charge in [0.25, 0.3) is 6.47 Å². The highest BCUT2D eigenvalue weighted by molar-refractivity contribution is 5.90. The first-order chi connectivity index (χ1) is 15.7. The molecule has 168 valence electrons. The van der Waals surface area contributed by atoms with Crippen LogP contribution in [-0.4, -0.2) is 44.2 Å². The van der Waals surface area contributed by atoms with Crippen molar-refractivity contribution in [1.82, 2.24) is 0 Å². The van der Waals surface area contributed by atoms with Crippen molar-refractivity contribution in [3.8, 4) is 11.1 Å². The number of hydrogen-bond donors (Lipinski definition) is 0.